The SMILES string of the molecule is CCCN(Cc1cc(C(=O)NN)c(C)o1)C1CCNCC1. The Bertz CT molecular complexity index is 466. The summed E-state index contributed by atoms with van der Waals surface area (Å²) < 4.78 is 5.73. The summed E-state index contributed by atoms with van der Waals surface area (Å²) in [5.74, 6) is 6.34. The van der Waals surface area contributed by atoms with Gasteiger partial charge in [0.15, 0.2) is 0 Å². The van der Waals surface area contributed by atoms with Gasteiger partial charge in [0, 0.05) is 6.04 Å². The van der Waals surface area contributed by atoms with Gasteiger partial charge in [-0.25, -0.2) is 5.84 Å². The minimum absolute atomic E-state index is 0.300. The zero-order valence-electron chi connectivity index (χ0n) is 12.9. The fourth-order valence-corrected chi connectivity index (χ4v) is 2.97. The van der Waals surface area contributed by atoms with Gasteiger partial charge in [0.25, 0.3) is 5.91 Å². The third-order valence-corrected chi connectivity index (χ3v) is 4.04. The summed E-state index contributed by atoms with van der Waals surface area (Å²) >= 11 is 0. The molecule has 1 aromatic rings. The van der Waals surface area contributed by atoms with Crippen LogP contribution in [0.4, 0.5) is 0 Å². The lowest BCUT2D eigenvalue weighted by Crippen LogP contribution is -2.43. The normalized spacial score (nSPS) is 16.4. The molecular formula is C15H26N4O2. The quantitative estimate of drug-likeness (QED) is 0.416. The first-order valence-electron chi connectivity index (χ1n) is 7.70. The molecule has 1 amide bonds. The highest BCUT2D eigenvalue weighted by atomic mass is 16.3. The number of piperidine rings is 1. The minimum Gasteiger partial charge on any atom is -0.464 e. The van der Waals surface area contributed by atoms with E-state index in [9.17, 15) is 4.79 Å². The van der Waals surface area contributed by atoms with Crippen molar-refractivity contribution in [2.24, 2.45) is 5.84 Å². The third-order valence-electron chi connectivity index (χ3n) is 4.04. The van der Waals surface area contributed by atoms with Crippen molar-refractivity contribution in [3.8, 4) is 0 Å². The summed E-state index contributed by atoms with van der Waals surface area (Å²) in [5.41, 5.74) is 2.68. The molecule has 0 saturated carbocycles. The monoisotopic (exact) mass is 294 g/mol. The van der Waals surface area contributed by atoms with Gasteiger partial charge in [0.1, 0.15) is 11.5 Å². The Balaban J connectivity index is 2.07. The van der Waals surface area contributed by atoms with Crippen LogP contribution in [0.2, 0.25) is 0 Å². The standard InChI is InChI=1S/C15H26N4O2/c1-3-8-19(12-4-6-17-7-5-12)10-13-9-14(11(2)21-13)15(20)18-16/h9,12,17H,3-8,10,16H2,1-2H3,(H,18,20). The molecule has 2 heterocycles. The largest absolute Gasteiger partial charge is 0.464 e. The molecule has 0 aromatic carbocycles. The van der Waals surface area contributed by atoms with Crippen molar-refractivity contribution in [1.82, 2.24) is 15.6 Å². The van der Waals surface area contributed by atoms with E-state index >= 15 is 0 Å². The van der Waals surface area contributed by atoms with Crippen molar-refractivity contribution < 1.29 is 9.21 Å². The summed E-state index contributed by atoms with van der Waals surface area (Å²) in [6, 6.07) is 2.39. The molecule has 0 spiro atoms. The molecule has 0 unspecified atom stereocenters. The molecule has 118 valence electrons. The number of nitrogens with one attached hydrogen (secondary N) is 2. The molecule has 4 N–H and O–H groups in total. The van der Waals surface area contributed by atoms with E-state index in [0.717, 1.165) is 51.2 Å². The van der Waals surface area contributed by atoms with Gasteiger partial charge >= 0.3 is 0 Å². The third kappa shape index (κ3) is 4.06. The van der Waals surface area contributed by atoms with Crippen molar-refractivity contribution in [2.75, 3.05) is 19.6 Å². The maximum absolute atomic E-state index is 11.6. The number of hydrazine groups is 1. The Morgan fingerprint density at radius 3 is 2.86 bits per heavy atom. The lowest BCUT2D eigenvalue weighted by atomic mass is 10.0. The number of aryl methyl sites for hydroxylation is 1. The van der Waals surface area contributed by atoms with E-state index in [1.807, 2.05) is 0 Å². The zero-order chi connectivity index (χ0) is 15.2. The molecule has 1 aliphatic heterocycles. The van der Waals surface area contributed by atoms with Crippen LogP contribution >= 0.6 is 0 Å². The van der Waals surface area contributed by atoms with Crippen molar-refractivity contribution in [2.45, 2.75) is 45.7 Å². The second kappa shape index (κ2) is 7.59. The van der Waals surface area contributed by atoms with Crippen molar-refractivity contribution in [3.05, 3.63) is 23.2 Å². The molecule has 0 radical (unpaired) electrons. The van der Waals surface area contributed by atoms with Gasteiger partial charge < -0.3 is 9.73 Å². The number of nitrogens with two attached hydrogens (primary N) is 1. The number of nitrogen functional groups attached to an aromatic ring is 1. The van der Waals surface area contributed by atoms with Gasteiger partial charge in [-0.3, -0.25) is 15.1 Å². The number of nitrogens with zero attached hydrogens (tertiary/aromatic N) is 1. The highest BCUT2D eigenvalue weighted by Gasteiger charge is 2.22. The van der Waals surface area contributed by atoms with Crippen LogP contribution in [-0.4, -0.2) is 36.5 Å². The first kappa shape index (κ1) is 16.0. The van der Waals surface area contributed by atoms with E-state index in [4.69, 9.17) is 10.3 Å². The van der Waals surface area contributed by atoms with Crippen LogP contribution in [0.1, 0.15) is 48.1 Å². The lowest BCUT2D eigenvalue weighted by molar-refractivity contribution is 0.0952. The maximum Gasteiger partial charge on any atom is 0.268 e. The molecule has 0 aliphatic carbocycles. The van der Waals surface area contributed by atoms with E-state index in [1.54, 1.807) is 13.0 Å². The van der Waals surface area contributed by atoms with Crippen molar-refractivity contribution in [3.63, 3.8) is 0 Å². The van der Waals surface area contributed by atoms with Crippen LogP contribution in [0.15, 0.2) is 10.5 Å². The van der Waals surface area contributed by atoms with Crippen LogP contribution in [0, 0.1) is 6.92 Å². The zero-order valence-corrected chi connectivity index (χ0v) is 12.9. The molecule has 6 heteroatoms. The number of rotatable bonds is 6. The predicted octanol–water partition coefficient (Wildman–Crippen LogP) is 1.16. The first-order valence-corrected chi connectivity index (χ1v) is 7.70. The molecule has 1 fully saturated rings. The van der Waals surface area contributed by atoms with Gasteiger partial charge in [-0.15, -0.1) is 0 Å². The molecule has 1 aliphatic rings. The molecule has 21 heavy (non-hydrogen) atoms. The fourth-order valence-electron chi connectivity index (χ4n) is 2.97. The van der Waals surface area contributed by atoms with E-state index < -0.39 is 0 Å². The molecule has 1 aromatic heterocycles. The summed E-state index contributed by atoms with van der Waals surface area (Å²) in [7, 11) is 0. The van der Waals surface area contributed by atoms with Crippen LogP contribution < -0.4 is 16.6 Å². The molecule has 0 bridgehead atoms. The Morgan fingerprint density at radius 1 is 1.52 bits per heavy atom. The smallest absolute Gasteiger partial charge is 0.268 e. The topological polar surface area (TPSA) is 83.5 Å². The molecular weight excluding hydrogens is 268 g/mol. The number of carbonyl (C=O) groups is 1. The number of hydrogen-bond acceptors (Lipinski definition) is 5. The molecule has 1 saturated heterocycles. The summed E-state index contributed by atoms with van der Waals surface area (Å²) in [5, 5.41) is 3.39. The van der Waals surface area contributed by atoms with Crippen molar-refractivity contribution in [1.29, 1.82) is 0 Å². The Morgan fingerprint density at radius 2 is 2.24 bits per heavy atom. The van der Waals surface area contributed by atoms with E-state index in [2.05, 4.69) is 22.6 Å². The Kier molecular flexibility index (Phi) is 5.78. The van der Waals surface area contributed by atoms with Gasteiger partial charge in [-0.1, -0.05) is 6.92 Å². The maximum atomic E-state index is 11.6. The van der Waals surface area contributed by atoms with E-state index in [1.165, 1.54) is 0 Å². The molecule has 6 nitrogen and oxygen atoms in total. The number of hydrogen-bond donors (Lipinski definition) is 3. The van der Waals surface area contributed by atoms with E-state index in [-0.39, 0.29) is 5.91 Å². The van der Waals surface area contributed by atoms with Crippen LogP contribution in [0.3, 0.4) is 0 Å². The molecule has 0 atom stereocenters. The molecule has 2 rings (SSSR count). The van der Waals surface area contributed by atoms with Crippen molar-refractivity contribution >= 4 is 5.91 Å². The Labute approximate surface area is 126 Å². The highest BCUT2D eigenvalue weighted by molar-refractivity contribution is 5.94. The van der Waals surface area contributed by atoms with Crippen LogP contribution in [-0.2, 0) is 6.54 Å². The first-order chi connectivity index (χ1) is 10.2. The number of carbonyl (C=O) groups excluding carboxylic acids is 1. The number of furan rings is 1. The predicted molar refractivity (Wildman–Crippen MR) is 81.7 cm³/mol. The highest BCUT2D eigenvalue weighted by Crippen LogP contribution is 2.20. The Hall–Kier alpha value is -1.37. The second-order valence-corrected chi connectivity index (χ2v) is 5.61. The van der Waals surface area contributed by atoms with Gasteiger partial charge in [0.05, 0.1) is 12.1 Å². The lowest BCUT2D eigenvalue weighted by Gasteiger charge is -2.33. The van der Waals surface area contributed by atoms with Gasteiger partial charge in [0.2, 0.25) is 0 Å². The average molecular weight is 294 g/mol. The summed E-state index contributed by atoms with van der Waals surface area (Å²) in [4.78, 5) is 14.1. The van der Waals surface area contributed by atoms with Crippen LogP contribution in [0.25, 0.3) is 0 Å². The van der Waals surface area contributed by atoms with Crippen LogP contribution in [0.5, 0.6) is 0 Å². The van der Waals surface area contributed by atoms with Gasteiger partial charge in [-0.05, 0) is 51.9 Å². The van der Waals surface area contributed by atoms with E-state index in [0.29, 0.717) is 17.4 Å². The minimum atomic E-state index is -0.300. The summed E-state index contributed by atoms with van der Waals surface area (Å²) in [6.45, 7) is 7.92. The fraction of sp³-hybridized carbons (Fsp3) is 0.667. The summed E-state index contributed by atoms with van der Waals surface area (Å²) in [6.07, 6.45) is 3.44. The average Bonchev–Trinajstić information content (AvgIpc) is 2.87. The van der Waals surface area contributed by atoms with Gasteiger partial charge in [-0.2, -0.15) is 0 Å². The second-order valence-electron chi connectivity index (χ2n) is 5.61. The number of amides is 1.